The molecule has 1 N–H and O–H groups in total. The first-order valence-corrected chi connectivity index (χ1v) is 10.2. The number of fused-ring (bicyclic) bond motifs is 1. The Kier molecular flexibility index (Phi) is 5.41. The van der Waals surface area contributed by atoms with Gasteiger partial charge >= 0.3 is 5.97 Å². The number of thiazole rings is 1. The van der Waals surface area contributed by atoms with Crippen molar-refractivity contribution in [3.8, 4) is 11.3 Å². The van der Waals surface area contributed by atoms with E-state index in [9.17, 15) is 9.90 Å². The minimum absolute atomic E-state index is 0.150. The van der Waals surface area contributed by atoms with Gasteiger partial charge in [0.2, 0.25) is 0 Å². The minimum atomic E-state index is -0.925. The second kappa shape index (κ2) is 7.99. The second-order valence-corrected chi connectivity index (χ2v) is 8.39. The molecule has 0 atom stereocenters. The van der Waals surface area contributed by atoms with Gasteiger partial charge in [0.15, 0.2) is 0 Å². The van der Waals surface area contributed by atoms with Crippen LogP contribution in [0.5, 0.6) is 0 Å². The van der Waals surface area contributed by atoms with Gasteiger partial charge in [-0.05, 0) is 42.0 Å². The van der Waals surface area contributed by atoms with Crippen LogP contribution in [-0.4, -0.2) is 25.8 Å². The summed E-state index contributed by atoms with van der Waals surface area (Å²) in [5.74, 6) is -0.925. The lowest BCUT2D eigenvalue weighted by Gasteiger charge is -2.03. The van der Waals surface area contributed by atoms with Crippen LogP contribution in [0.4, 0.5) is 0 Å². The van der Waals surface area contributed by atoms with Crippen molar-refractivity contribution in [1.29, 1.82) is 0 Å². The molecule has 0 amide bonds. The Labute approximate surface area is 180 Å². The normalized spacial score (nSPS) is 11.9. The average Bonchev–Trinajstić information content (AvgIpc) is 3.24. The van der Waals surface area contributed by atoms with Gasteiger partial charge in [0.05, 0.1) is 22.3 Å². The Morgan fingerprint density at radius 1 is 1.17 bits per heavy atom. The first-order valence-electron chi connectivity index (χ1n) is 8.67. The number of carbonyl (C=O) groups is 1. The third-order valence-electron chi connectivity index (χ3n) is 4.27. The van der Waals surface area contributed by atoms with Crippen molar-refractivity contribution in [3.63, 3.8) is 0 Å². The van der Waals surface area contributed by atoms with E-state index in [0.717, 1.165) is 27.0 Å². The Morgan fingerprint density at radius 2 is 1.90 bits per heavy atom. The predicted octanol–water partition coefficient (Wildman–Crippen LogP) is 6.02. The number of nitrogens with zero attached hydrogens (tertiary/aromatic N) is 3. The lowest BCUT2D eigenvalue weighted by molar-refractivity contribution is -0.135. The quantitative estimate of drug-likeness (QED) is 0.409. The number of carboxylic acid groups (broad SMARTS) is 1. The molecule has 0 aliphatic heterocycles. The molecule has 29 heavy (non-hydrogen) atoms. The van der Waals surface area contributed by atoms with Crippen LogP contribution in [0.1, 0.15) is 17.0 Å². The van der Waals surface area contributed by atoms with E-state index < -0.39 is 5.97 Å². The third-order valence-corrected chi connectivity index (χ3v) is 5.87. The van der Waals surface area contributed by atoms with Crippen molar-refractivity contribution in [2.24, 2.45) is 7.05 Å². The number of rotatable bonds is 5. The highest BCUT2D eigenvalue weighted by Gasteiger charge is 2.16. The summed E-state index contributed by atoms with van der Waals surface area (Å²) in [6, 6.07) is 12.8. The molecule has 2 aromatic heterocycles. The fourth-order valence-corrected chi connectivity index (χ4v) is 4.27. The van der Waals surface area contributed by atoms with Crippen molar-refractivity contribution < 1.29 is 9.90 Å². The van der Waals surface area contributed by atoms with E-state index in [0.29, 0.717) is 20.6 Å². The third kappa shape index (κ3) is 4.34. The van der Waals surface area contributed by atoms with Gasteiger partial charge in [-0.1, -0.05) is 35.3 Å². The van der Waals surface area contributed by atoms with Crippen molar-refractivity contribution >= 4 is 62.4 Å². The zero-order chi connectivity index (χ0) is 20.5. The number of halogens is 2. The molecule has 0 fully saturated rings. The molecule has 2 aromatic carbocycles. The standard InChI is InChI=1S/C21H15Cl2N3O2S/c1-26-11-14(20(25-26)12-2-4-15(22)5-3-12)8-13(9-19(27)28)21-24-17-10-16(23)6-7-18(17)29-21/h2-8,10-11H,9H2,1H3,(H,27,28)/b13-8+. The maximum atomic E-state index is 11.5. The SMILES string of the molecule is Cn1cc(/C=C(\CC(=O)O)c2nc3cc(Cl)ccc3s2)c(-c2ccc(Cl)cc2)n1. The summed E-state index contributed by atoms with van der Waals surface area (Å²) in [5.41, 5.74) is 3.81. The Bertz CT molecular complexity index is 1240. The molecule has 0 bridgehead atoms. The maximum Gasteiger partial charge on any atom is 0.307 e. The zero-order valence-corrected chi connectivity index (χ0v) is 17.6. The van der Waals surface area contributed by atoms with Gasteiger partial charge in [-0.15, -0.1) is 11.3 Å². The van der Waals surface area contributed by atoms with Gasteiger partial charge in [-0.2, -0.15) is 5.10 Å². The molecule has 0 saturated heterocycles. The van der Waals surface area contributed by atoms with Crippen molar-refractivity contribution in [2.45, 2.75) is 6.42 Å². The van der Waals surface area contributed by atoms with Crippen LogP contribution in [-0.2, 0) is 11.8 Å². The number of hydrogen-bond donors (Lipinski definition) is 1. The van der Waals surface area contributed by atoms with Gasteiger partial charge in [-0.3, -0.25) is 9.48 Å². The predicted molar refractivity (Wildman–Crippen MR) is 118 cm³/mol. The number of aromatic nitrogens is 3. The summed E-state index contributed by atoms with van der Waals surface area (Å²) in [6.45, 7) is 0. The highest BCUT2D eigenvalue weighted by Crippen LogP contribution is 2.33. The van der Waals surface area contributed by atoms with Crippen LogP contribution in [0.2, 0.25) is 10.0 Å². The van der Waals surface area contributed by atoms with E-state index in [1.165, 1.54) is 11.3 Å². The zero-order valence-electron chi connectivity index (χ0n) is 15.3. The molecule has 0 aliphatic carbocycles. The number of carboxylic acids is 1. The van der Waals surface area contributed by atoms with Crippen LogP contribution < -0.4 is 0 Å². The fourth-order valence-electron chi connectivity index (χ4n) is 3.02. The summed E-state index contributed by atoms with van der Waals surface area (Å²) < 4.78 is 2.65. The first-order chi connectivity index (χ1) is 13.9. The highest BCUT2D eigenvalue weighted by atomic mass is 35.5. The van der Waals surface area contributed by atoms with Crippen LogP contribution in [0.15, 0.2) is 48.7 Å². The number of aliphatic carboxylic acids is 1. The number of benzene rings is 2. The molecule has 0 aliphatic rings. The summed E-state index contributed by atoms with van der Waals surface area (Å²) in [5, 5.41) is 15.9. The van der Waals surface area contributed by atoms with Crippen LogP contribution in [0.25, 0.3) is 33.1 Å². The molecular weight excluding hydrogens is 429 g/mol. The van der Waals surface area contributed by atoms with E-state index in [1.54, 1.807) is 28.9 Å². The lowest BCUT2D eigenvalue weighted by atomic mass is 10.0. The summed E-state index contributed by atoms with van der Waals surface area (Å²) in [6.07, 6.45) is 3.54. The average molecular weight is 444 g/mol. The van der Waals surface area contributed by atoms with E-state index in [4.69, 9.17) is 23.2 Å². The first kappa shape index (κ1) is 19.6. The maximum absolute atomic E-state index is 11.5. The van der Waals surface area contributed by atoms with Gasteiger partial charge in [-0.25, -0.2) is 4.98 Å². The van der Waals surface area contributed by atoms with E-state index >= 15 is 0 Å². The minimum Gasteiger partial charge on any atom is -0.481 e. The van der Waals surface area contributed by atoms with Crippen molar-refractivity contribution in [2.75, 3.05) is 0 Å². The molecule has 0 radical (unpaired) electrons. The topological polar surface area (TPSA) is 68.0 Å². The molecule has 0 spiro atoms. The number of aryl methyl sites for hydroxylation is 1. The van der Waals surface area contributed by atoms with Crippen molar-refractivity contribution in [1.82, 2.24) is 14.8 Å². The molecule has 0 saturated carbocycles. The molecule has 4 aromatic rings. The molecule has 2 heterocycles. The van der Waals surface area contributed by atoms with Crippen molar-refractivity contribution in [3.05, 3.63) is 69.3 Å². The van der Waals surface area contributed by atoms with Gasteiger partial charge < -0.3 is 5.11 Å². The molecule has 4 rings (SSSR count). The largest absolute Gasteiger partial charge is 0.481 e. The second-order valence-electron chi connectivity index (χ2n) is 6.48. The van der Waals surface area contributed by atoms with Crippen LogP contribution in [0, 0.1) is 0 Å². The summed E-state index contributed by atoms with van der Waals surface area (Å²) in [4.78, 5) is 16.1. The Hall–Kier alpha value is -2.67. The van der Waals surface area contributed by atoms with Crippen LogP contribution >= 0.6 is 34.5 Å². The van der Waals surface area contributed by atoms with E-state index in [-0.39, 0.29) is 6.42 Å². The van der Waals surface area contributed by atoms with Gasteiger partial charge in [0.1, 0.15) is 5.01 Å². The molecule has 146 valence electrons. The van der Waals surface area contributed by atoms with E-state index in [1.807, 2.05) is 37.5 Å². The Morgan fingerprint density at radius 3 is 2.62 bits per heavy atom. The molecular formula is C21H15Cl2N3O2S. The van der Waals surface area contributed by atoms with Crippen LogP contribution in [0.3, 0.4) is 0 Å². The van der Waals surface area contributed by atoms with Gasteiger partial charge in [0, 0.05) is 34.4 Å². The number of hydrogen-bond acceptors (Lipinski definition) is 4. The summed E-state index contributed by atoms with van der Waals surface area (Å²) >= 11 is 13.5. The smallest absolute Gasteiger partial charge is 0.307 e. The monoisotopic (exact) mass is 443 g/mol. The summed E-state index contributed by atoms with van der Waals surface area (Å²) in [7, 11) is 1.83. The molecule has 8 heteroatoms. The highest BCUT2D eigenvalue weighted by molar-refractivity contribution is 7.19. The van der Waals surface area contributed by atoms with Gasteiger partial charge in [0.25, 0.3) is 0 Å². The lowest BCUT2D eigenvalue weighted by Crippen LogP contribution is -1.97. The van der Waals surface area contributed by atoms with E-state index in [2.05, 4.69) is 10.1 Å². The molecule has 0 unspecified atom stereocenters. The Balaban J connectivity index is 1.83. The fraction of sp³-hybridized carbons (Fsp3) is 0.0952. The molecule has 5 nitrogen and oxygen atoms in total.